The highest BCUT2D eigenvalue weighted by Gasteiger charge is 2.30. The zero-order valence-corrected chi connectivity index (χ0v) is 17.0. The van der Waals surface area contributed by atoms with E-state index in [1.165, 1.54) is 5.56 Å². The van der Waals surface area contributed by atoms with Crippen LogP contribution in [0.3, 0.4) is 0 Å². The minimum absolute atomic E-state index is 0.00358. The fraction of sp³-hybridized carbons (Fsp3) is 0.545. The molecule has 0 radical (unpaired) electrons. The van der Waals surface area contributed by atoms with E-state index in [9.17, 15) is 4.79 Å². The van der Waals surface area contributed by atoms with E-state index in [2.05, 4.69) is 60.5 Å². The van der Waals surface area contributed by atoms with E-state index in [0.717, 1.165) is 31.6 Å². The van der Waals surface area contributed by atoms with Gasteiger partial charge in [-0.15, -0.1) is 0 Å². The number of nitrogens with one attached hydrogen (secondary N) is 1. The smallest absolute Gasteiger partial charge is 0.269 e. The molecular weight excluding hydrogens is 336 g/mol. The lowest BCUT2D eigenvalue weighted by atomic mass is 9.86. The van der Waals surface area contributed by atoms with Crippen molar-refractivity contribution in [3.63, 3.8) is 0 Å². The third-order valence-corrected chi connectivity index (χ3v) is 5.52. The molecule has 5 nitrogen and oxygen atoms in total. The number of rotatable bonds is 6. The minimum Gasteiger partial charge on any atom is -0.348 e. The van der Waals surface area contributed by atoms with Crippen molar-refractivity contribution in [3.8, 4) is 0 Å². The Morgan fingerprint density at radius 3 is 2.70 bits per heavy atom. The summed E-state index contributed by atoms with van der Waals surface area (Å²) in [5.74, 6) is 0.736. The second-order valence-corrected chi connectivity index (χ2v) is 8.01. The van der Waals surface area contributed by atoms with Gasteiger partial charge in [-0.3, -0.25) is 9.48 Å². The van der Waals surface area contributed by atoms with Gasteiger partial charge in [0, 0.05) is 19.1 Å². The maximum absolute atomic E-state index is 13.0. The molecule has 1 N–H and O–H groups in total. The molecule has 1 fully saturated rings. The summed E-state index contributed by atoms with van der Waals surface area (Å²) in [5.41, 5.74) is 2.99. The van der Waals surface area contributed by atoms with Crippen LogP contribution in [0.5, 0.6) is 0 Å². The topological polar surface area (TPSA) is 50.2 Å². The first-order valence-electron chi connectivity index (χ1n) is 10.1. The number of aromatic nitrogens is 2. The summed E-state index contributed by atoms with van der Waals surface area (Å²) in [6, 6.07) is 12.7. The molecule has 146 valence electrons. The highest BCUT2D eigenvalue weighted by molar-refractivity contribution is 5.93. The molecule has 0 bridgehead atoms. The van der Waals surface area contributed by atoms with Crippen LogP contribution in [0.2, 0.25) is 0 Å². The summed E-state index contributed by atoms with van der Waals surface area (Å²) in [6.07, 6.45) is 1.97. The Kier molecular flexibility index (Phi) is 6.32. The van der Waals surface area contributed by atoms with Gasteiger partial charge in [0.15, 0.2) is 0 Å². The maximum Gasteiger partial charge on any atom is 0.269 e. The first-order chi connectivity index (χ1) is 13.0. The Labute approximate surface area is 162 Å². The van der Waals surface area contributed by atoms with Crippen LogP contribution >= 0.6 is 0 Å². The molecule has 0 aliphatic carbocycles. The number of amides is 1. The van der Waals surface area contributed by atoms with E-state index in [1.807, 2.05) is 23.7 Å². The SMILES string of the molecule is CCn1nc(C(C)C)cc1C(=O)NC1CCN(C)CC1Cc1ccccc1. The lowest BCUT2D eigenvalue weighted by Crippen LogP contribution is -2.50. The summed E-state index contributed by atoms with van der Waals surface area (Å²) >= 11 is 0. The number of carbonyl (C=O) groups excluding carboxylic acids is 1. The van der Waals surface area contributed by atoms with Crippen molar-refractivity contribution < 1.29 is 4.79 Å². The van der Waals surface area contributed by atoms with E-state index in [0.29, 0.717) is 24.1 Å². The number of nitrogens with zero attached hydrogens (tertiary/aromatic N) is 3. The Bertz CT molecular complexity index is 753. The average molecular weight is 369 g/mol. The zero-order valence-electron chi connectivity index (χ0n) is 17.0. The number of hydrogen-bond donors (Lipinski definition) is 1. The van der Waals surface area contributed by atoms with Gasteiger partial charge in [0.1, 0.15) is 5.69 Å². The van der Waals surface area contributed by atoms with Gasteiger partial charge in [-0.2, -0.15) is 5.10 Å². The molecule has 5 heteroatoms. The number of likely N-dealkylation sites (tertiary alicyclic amines) is 1. The Morgan fingerprint density at radius 1 is 1.30 bits per heavy atom. The second kappa shape index (κ2) is 8.70. The summed E-state index contributed by atoms with van der Waals surface area (Å²) in [5, 5.41) is 7.92. The third kappa shape index (κ3) is 4.78. The first-order valence-corrected chi connectivity index (χ1v) is 10.1. The molecule has 2 aromatic rings. The molecule has 27 heavy (non-hydrogen) atoms. The largest absolute Gasteiger partial charge is 0.348 e. The van der Waals surface area contributed by atoms with Crippen LogP contribution in [0.1, 0.15) is 54.9 Å². The van der Waals surface area contributed by atoms with Crippen LogP contribution in [0, 0.1) is 5.92 Å². The van der Waals surface area contributed by atoms with Gasteiger partial charge >= 0.3 is 0 Å². The Morgan fingerprint density at radius 2 is 2.04 bits per heavy atom. The van der Waals surface area contributed by atoms with E-state index in [1.54, 1.807) is 0 Å². The summed E-state index contributed by atoms with van der Waals surface area (Å²) in [4.78, 5) is 15.4. The van der Waals surface area contributed by atoms with Crippen molar-refractivity contribution in [2.45, 2.75) is 52.1 Å². The van der Waals surface area contributed by atoms with E-state index in [-0.39, 0.29) is 11.9 Å². The van der Waals surface area contributed by atoms with Crippen LogP contribution < -0.4 is 5.32 Å². The molecule has 2 atom stereocenters. The van der Waals surface area contributed by atoms with Crippen molar-refractivity contribution in [2.24, 2.45) is 5.92 Å². The standard InChI is InChI=1S/C22H32N4O/c1-5-26-21(14-20(24-26)16(2)3)22(27)23-19-11-12-25(4)15-18(19)13-17-9-7-6-8-10-17/h6-10,14,16,18-19H,5,11-13,15H2,1-4H3,(H,23,27). The highest BCUT2D eigenvalue weighted by Crippen LogP contribution is 2.22. The third-order valence-electron chi connectivity index (χ3n) is 5.52. The van der Waals surface area contributed by atoms with E-state index < -0.39 is 0 Å². The van der Waals surface area contributed by atoms with Gasteiger partial charge in [-0.1, -0.05) is 44.2 Å². The predicted octanol–water partition coefficient (Wildman–Crippen LogP) is 3.32. The first kappa shape index (κ1) is 19.6. The maximum atomic E-state index is 13.0. The fourth-order valence-corrected chi connectivity index (χ4v) is 3.91. The molecule has 2 unspecified atom stereocenters. The molecule has 0 spiro atoms. The molecule has 1 aliphatic rings. The molecule has 1 amide bonds. The molecular formula is C22H32N4O. The van der Waals surface area contributed by atoms with Crippen molar-refractivity contribution >= 4 is 5.91 Å². The number of piperidine rings is 1. The van der Waals surface area contributed by atoms with Gasteiger partial charge in [0.25, 0.3) is 5.91 Å². The summed E-state index contributed by atoms with van der Waals surface area (Å²) in [7, 11) is 2.16. The van der Waals surface area contributed by atoms with Gasteiger partial charge in [-0.05, 0) is 56.8 Å². The Balaban J connectivity index is 1.74. The van der Waals surface area contributed by atoms with Crippen LogP contribution in [-0.2, 0) is 13.0 Å². The molecule has 1 aliphatic heterocycles. The molecule has 1 aromatic heterocycles. The van der Waals surface area contributed by atoms with Gasteiger partial charge in [-0.25, -0.2) is 0 Å². The summed E-state index contributed by atoms with van der Waals surface area (Å²) in [6.45, 7) is 8.97. The van der Waals surface area contributed by atoms with Gasteiger partial charge < -0.3 is 10.2 Å². The second-order valence-electron chi connectivity index (χ2n) is 8.01. The lowest BCUT2D eigenvalue weighted by Gasteiger charge is -2.37. The van der Waals surface area contributed by atoms with Crippen molar-refractivity contribution in [1.82, 2.24) is 20.0 Å². The number of carbonyl (C=O) groups is 1. The molecule has 1 saturated heterocycles. The van der Waals surface area contributed by atoms with Gasteiger partial charge in [0.05, 0.1) is 5.69 Å². The van der Waals surface area contributed by atoms with Crippen LogP contribution in [0.15, 0.2) is 36.4 Å². The predicted molar refractivity (Wildman–Crippen MR) is 109 cm³/mol. The molecule has 2 heterocycles. The van der Waals surface area contributed by atoms with Crippen molar-refractivity contribution in [2.75, 3.05) is 20.1 Å². The monoisotopic (exact) mass is 368 g/mol. The number of hydrogen-bond acceptors (Lipinski definition) is 3. The lowest BCUT2D eigenvalue weighted by molar-refractivity contribution is 0.0863. The number of benzene rings is 1. The van der Waals surface area contributed by atoms with Crippen LogP contribution in [0.4, 0.5) is 0 Å². The van der Waals surface area contributed by atoms with E-state index in [4.69, 9.17) is 0 Å². The average Bonchev–Trinajstić information content (AvgIpc) is 3.10. The van der Waals surface area contributed by atoms with Crippen molar-refractivity contribution in [3.05, 3.63) is 53.3 Å². The molecule has 1 aromatic carbocycles. The van der Waals surface area contributed by atoms with E-state index >= 15 is 0 Å². The normalized spacial score (nSPS) is 20.8. The zero-order chi connectivity index (χ0) is 19.4. The molecule has 3 rings (SSSR count). The number of aryl methyl sites for hydroxylation is 1. The summed E-state index contributed by atoms with van der Waals surface area (Å²) < 4.78 is 1.83. The highest BCUT2D eigenvalue weighted by atomic mass is 16.2. The minimum atomic E-state index is 0.00358. The van der Waals surface area contributed by atoms with Gasteiger partial charge in [0.2, 0.25) is 0 Å². The van der Waals surface area contributed by atoms with Crippen LogP contribution in [0.25, 0.3) is 0 Å². The fourth-order valence-electron chi connectivity index (χ4n) is 3.91. The molecule has 0 saturated carbocycles. The Hall–Kier alpha value is -2.14. The van der Waals surface area contributed by atoms with Crippen LogP contribution in [-0.4, -0.2) is 46.8 Å². The van der Waals surface area contributed by atoms with Crippen molar-refractivity contribution in [1.29, 1.82) is 0 Å². The quantitative estimate of drug-likeness (QED) is 0.851.